The predicted molar refractivity (Wildman–Crippen MR) is 63.0 cm³/mol. The molecule has 3 N–H and O–H groups in total. The maximum atomic E-state index is 9.86. The van der Waals surface area contributed by atoms with Gasteiger partial charge in [-0.3, -0.25) is 0 Å². The zero-order valence-electron chi connectivity index (χ0n) is 10.2. The molecule has 1 aromatic carbocycles. The van der Waals surface area contributed by atoms with Crippen molar-refractivity contribution < 1.29 is 14.6 Å². The van der Waals surface area contributed by atoms with Gasteiger partial charge in [-0.2, -0.15) is 0 Å². The van der Waals surface area contributed by atoms with Gasteiger partial charge in [0.25, 0.3) is 0 Å². The van der Waals surface area contributed by atoms with Gasteiger partial charge < -0.3 is 20.3 Å². The molecule has 0 saturated heterocycles. The Labute approximate surface area is 96.0 Å². The van der Waals surface area contributed by atoms with Gasteiger partial charge >= 0.3 is 0 Å². The van der Waals surface area contributed by atoms with Crippen LogP contribution in [-0.4, -0.2) is 25.9 Å². The Kier molecular flexibility index (Phi) is 4.15. The Morgan fingerprint density at radius 2 is 1.94 bits per heavy atom. The van der Waals surface area contributed by atoms with Crippen LogP contribution in [0.4, 0.5) is 0 Å². The highest BCUT2D eigenvalue weighted by atomic mass is 16.5. The molecule has 90 valence electrons. The number of aryl methyl sites for hydroxylation is 1. The minimum Gasteiger partial charge on any atom is -0.496 e. The highest BCUT2D eigenvalue weighted by Gasteiger charge is 2.19. The first kappa shape index (κ1) is 12.8. The highest BCUT2D eigenvalue weighted by molar-refractivity contribution is 5.54. The van der Waals surface area contributed by atoms with Crippen LogP contribution in [0.2, 0.25) is 0 Å². The minimum atomic E-state index is -0.709. The SMILES string of the molecule is COc1cc(C)c(C(O)CN)c(OC)c1C. The van der Waals surface area contributed by atoms with Crippen LogP contribution in [0.15, 0.2) is 6.07 Å². The van der Waals surface area contributed by atoms with Crippen molar-refractivity contribution >= 4 is 0 Å². The van der Waals surface area contributed by atoms with Crippen molar-refractivity contribution in [1.82, 2.24) is 0 Å². The molecule has 0 aliphatic rings. The van der Waals surface area contributed by atoms with Gasteiger partial charge in [0.05, 0.1) is 20.3 Å². The van der Waals surface area contributed by atoms with Crippen molar-refractivity contribution in [3.05, 3.63) is 22.8 Å². The number of hydrogen-bond acceptors (Lipinski definition) is 4. The first-order chi connectivity index (χ1) is 7.56. The molecule has 0 fully saturated rings. The summed E-state index contributed by atoms with van der Waals surface area (Å²) in [5.41, 5.74) is 8.01. The molecule has 16 heavy (non-hydrogen) atoms. The van der Waals surface area contributed by atoms with Crippen LogP contribution in [0.3, 0.4) is 0 Å². The Morgan fingerprint density at radius 1 is 1.31 bits per heavy atom. The van der Waals surface area contributed by atoms with E-state index in [0.717, 1.165) is 22.4 Å². The molecule has 1 unspecified atom stereocenters. The Bertz CT molecular complexity index is 377. The lowest BCUT2D eigenvalue weighted by Crippen LogP contribution is -2.14. The van der Waals surface area contributed by atoms with Gasteiger partial charge in [-0.25, -0.2) is 0 Å². The predicted octanol–water partition coefficient (Wildman–Crippen LogP) is 1.31. The molecular weight excluding hydrogens is 206 g/mol. The van der Waals surface area contributed by atoms with E-state index in [1.54, 1.807) is 14.2 Å². The molecule has 0 radical (unpaired) electrons. The van der Waals surface area contributed by atoms with E-state index >= 15 is 0 Å². The summed E-state index contributed by atoms with van der Waals surface area (Å²) < 4.78 is 10.6. The minimum absolute atomic E-state index is 0.170. The maximum absolute atomic E-state index is 9.86. The second-order valence-corrected chi connectivity index (χ2v) is 3.72. The summed E-state index contributed by atoms with van der Waals surface area (Å²) in [7, 11) is 3.19. The molecular formula is C12H19NO3. The number of nitrogens with two attached hydrogens (primary N) is 1. The number of benzene rings is 1. The fourth-order valence-corrected chi connectivity index (χ4v) is 1.88. The van der Waals surface area contributed by atoms with Crippen LogP contribution < -0.4 is 15.2 Å². The first-order valence-corrected chi connectivity index (χ1v) is 5.17. The molecule has 1 aromatic rings. The summed E-state index contributed by atoms with van der Waals surface area (Å²) in [6, 6.07) is 1.88. The van der Waals surface area contributed by atoms with Crippen molar-refractivity contribution in [2.45, 2.75) is 20.0 Å². The topological polar surface area (TPSA) is 64.7 Å². The lowest BCUT2D eigenvalue weighted by Gasteiger charge is -2.20. The number of aliphatic hydroxyl groups is 1. The van der Waals surface area contributed by atoms with Crippen LogP contribution in [0, 0.1) is 13.8 Å². The Balaban J connectivity index is 3.42. The third kappa shape index (κ3) is 2.13. The largest absolute Gasteiger partial charge is 0.496 e. The second kappa shape index (κ2) is 5.18. The summed E-state index contributed by atoms with van der Waals surface area (Å²) in [6.45, 7) is 3.96. The van der Waals surface area contributed by atoms with Gasteiger partial charge in [-0.05, 0) is 25.5 Å². The van der Waals surface area contributed by atoms with Gasteiger partial charge in [0, 0.05) is 17.7 Å². The number of ether oxygens (including phenoxy) is 2. The van der Waals surface area contributed by atoms with E-state index in [4.69, 9.17) is 15.2 Å². The molecule has 4 nitrogen and oxygen atoms in total. The third-order valence-electron chi connectivity index (χ3n) is 2.71. The van der Waals surface area contributed by atoms with Crippen LogP contribution in [-0.2, 0) is 0 Å². The molecule has 0 amide bonds. The fraction of sp³-hybridized carbons (Fsp3) is 0.500. The van der Waals surface area contributed by atoms with Crippen LogP contribution >= 0.6 is 0 Å². The van der Waals surface area contributed by atoms with E-state index < -0.39 is 6.10 Å². The molecule has 4 heteroatoms. The van der Waals surface area contributed by atoms with Crippen LogP contribution in [0.25, 0.3) is 0 Å². The average Bonchev–Trinajstić information content (AvgIpc) is 2.29. The number of rotatable bonds is 4. The number of methoxy groups -OCH3 is 2. The molecule has 0 spiro atoms. The summed E-state index contributed by atoms with van der Waals surface area (Å²) >= 11 is 0. The number of hydrogen-bond donors (Lipinski definition) is 2. The Hall–Kier alpha value is -1.26. The zero-order valence-corrected chi connectivity index (χ0v) is 10.2. The van der Waals surface area contributed by atoms with E-state index in [0.29, 0.717) is 5.75 Å². The van der Waals surface area contributed by atoms with Gasteiger partial charge in [-0.15, -0.1) is 0 Å². The zero-order chi connectivity index (χ0) is 12.3. The maximum Gasteiger partial charge on any atom is 0.131 e. The van der Waals surface area contributed by atoms with Crippen molar-refractivity contribution in [3.8, 4) is 11.5 Å². The first-order valence-electron chi connectivity index (χ1n) is 5.17. The molecule has 0 bridgehead atoms. The van der Waals surface area contributed by atoms with Crippen molar-refractivity contribution in [3.63, 3.8) is 0 Å². The summed E-state index contributed by atoms with van der Waals surface area (Å²) in [4.78, 5) is 0. The van der Waals surface area contributed by atoms with Crippen molar-refractivity contribution in [1.29, 1.82) is 0 Å². The normalized spacial score (nSPS) is 12.4. The lowest BCUT2D eigenvalue weighted by molar-refractivity contribution is 0.181. The molecule has 1 atom stereocenters. The van der Waals surface area contributed by atoms with Gasteiger partial charge in [-0.1, -0.05) is 0 Å². The molecule has 0 saturated carbocycles. The Morgan fingerprint density at radius 3 is 2.38 bits per heavy atom. The third-order valence-corrected chi connectivity index (χ3v) is 2.71. The highest BCUT2D eigenvalue weighted by Crippen LogP contribution is 2.37. The average molecular weight is 225 g/mol. The molecule has 0 aliphatic carbocycles. The summed E-state index contributed by atoms with van der Waals surface area (Å²) in [5, 5.41) is 9.86. The lowest BCUT2D eigenvalue weighted by atomic mass is 9.98. The van der Waals surface area contributed by atoms with Crippen molar-refractivity contribution in [2.24, 2.45) is 5.73 Å². The standard InChI is InChI=1S/C12H19NO3/c1-7-5-10(15-3)8(2)12(16-4)11(7)9(14)6-13/h5,9,14H,6,13H2,1-4H3. The fourth-order valence-electron chi connectivity index (χ4n) is 1.88. The quantitative estimate of drug-likeness (QED) is 0.811. The smallest absolute Gasteiger partial charge is 0.131 e. The molecule has 1 rings (SSSR count). The molecule has 0 aliphatic heterocycles. The monoisotopic (exact) mass is 225 g/mol. The van der Waals surface area contributed by atoms with E-state index in [1.807, 2.05) is 19.9 Å². The van der Waals surface area contributed by atoms with Crippen molar-refractivity contribution in [2.75, 3.05) is 20.8 Å². The van der Waals surface area contributed by atoms with Gasteiger partial charge in [0.1, 0.15) is 11.5 Å². The molecule has 0 heterocycles. The second-order valence-electron chi connectivity index (χ2n) is 3.72. The summed E-state index contributed by atoms with van der Waals surface area (Å²) in [5.74, 6) is 1.40. The van der Waals surface area contributed by atoms with E-state index in [9.17, 15) is 5.11 Å². The number of aliphatic hydroxyl groups excluding tert-OH is 1. The van der Waals surface area contributed by atoms with Crippen LogP contribution in [0.1, 0.15) is 22.8 Å². The summed E-state index contributed by atoms with van der Waals surface area (Å²) in [6.07, 6.45) is -0.709. The van der Waals surface area contributed by atoms with E-state index in [-0.39, 0.29) is 6.54 Å². The van der Waals surface area contributed by atoms with E-state index in [2.05, 4.69) is 0 Å². The molecule has 0 aromatic heterocycles. The van der Waals surface area contributed by atoms with Gasteiger partial charge in [0.2, 0.25) is 0 Å². The van der Waals surface area contributed by atoms with Gasteiger partial charge in [0.15, 0.2) is 0 Å². The van der Waals surface area contributed by atoms with E-state index in [1.165, 1.54) is 0 Å². The van der Waals surface area contributed by atoms with Crippen LogP contribution in [0.5, 0.6) is 11.5 Å².